The van der Waals surface area contributed by atoms with Gasteiger partial charge in [-0.15, -0.1) is 0 Å². The Morgan fingerprint density at radius 3 is 1.60 bits per heavy atom. The third-order valence-electron chi connectivity index (χ3n) is 2.97. The molecule has 0 unspecified atom stereocenters. The van der Waals surface area contributed by atoms with E-state index in [0.717, 1.165) is 11.1 Å². The number of rotatable bonds is 2. The van der Waals surface area contributed by atoms with Gasteiger partial charge in [-0.2, -0.15) is 0 Å². The molecule has 4 heteroatoms. The second-order valence-electron chi connectivity index (χ2n) is 4.72. The summed E-state index contributed by atoms with van der Waals surface area (Å²) >= 11 is 0. The maximum absolute atomic E-state index is 12.2. The predicted octanol–water partition coefficient (Wildman–Crippen LogP) is 2.46. The number of nitrogens with two attached hydrogens (primary N) is 1. The summed E-state index contributed by atoms with van der Waals surface area (Å²) in [6.45, 7) is 3.75. The first kappa shape index (κ1) is 14.0. The van der Waals surface area contributed by atoms with E-state index in [-0.39, 0.29) is 0 Å². The molecule has 2 rings (SSSR count). The molecule has 2 N–H and O–H groups in total. The largest absolute Gasteiger partial charge is 0.275 e. The molecule has 0 aromatic heterocycles. The van der Waals surface area contributed by atoms with Gasteiger partial charge in [0.2, 0.25) is 0 Å². The van der Waals surface area contributed by atoms with Crippen LogP contribution in [0.15, 0.2) is 48.5 Å². The SMILES string of the molecule is Cc1cccc(C(=O)N(N)C(=O)c2cccc(C)c2)c1. The molecule has 0 bridgehead atoms. The van der Waals surface area contributed by atoms with Gasteiger partial charge < -0.3 is 0 Å². The maximum atomic E-state index is 12.2. The molecule has 0 radical (unpaired) electrons. The molecule has 0 aliphatic carbocycles. The summed E-state index contributed by atoms with van der Waals surface area (Å²) < 4.78 is 0. The van der Waals surface area contributed by atoms with Gasteiger partial charge in [0.05, 0.1) is 0 Å². The van der Waals surface area contributed by atoms with E-state index in [1.807, 2.05) is 26.0 Å². The summed E-state index contributed by atoms with van der Waals surface area (Å²) in [5, 5.41) is 0.656. The summed E-state index contributed by atoms with van der Waals surface area (Å²) in [5.41, 5.74) is 2.67. The molecule has 2 amide bonds. The Morgan fingerprint density at radius 1 is 0.850 bits per heavy atom. The van der Waals surface area contributed by atoms with Crippen LogP contribution in [0.25, 0.3) is 0 Å². The average Bonchev–Trinajstić information content (AvgIpc) is 2.45. The van der Waals surface area contributed by atoms with Gasteiger partial charge >= 0.3 is 0 Å². The molecule has 0 atom stereocenters. The number of hydrogen-bond acceptors (Lipinski definition) is 3. The topological polar surface area (TPSA) is 63.4 Å². The van der Waals surface area contributed by atoms with Gasteiger partial charge in [0.25, 0.3) is 11.8 Å². The summed E-state index contributed by atoms with van der Waals surface area (Å²) in [4.78, 5) is 24.4. The molecule has 102 valence electrons. The number of carbonyl (C=O) groups excluding carboxylic acids is 2. The lowest BCUT2D eigenvalue weighted by Gasteiger charge is -2.15. The van der Waals surface area contributed by atoms with Crippen LogP contribution in [-0.2, 0) is 0 Å². The molecule has 0 saturated heterocycles. The van der Waals surface area contributed by atoms with Crippen LogP contribution in [0.4, 0.5) is 0 Å². The van der Waals surface area contributed by atoms with Gasteiger partial charge in [0.15, 0.2) is 0 Å². The first-order chi connectivity index (χ1) is 9.49. The normalized spacial score (nSPS) is 10.2. The summed E-state index contributed by atoms with van der Waals surface area (Å²) in [7, 11) is 0. The van der Waals surface area contributed by atoms with E-state index in [2.05, 4.69) is 0 Å². The zero-order valence-electron chi connectivity index (χ0n) is 11.5. The molecule has 0 aliphatic rings. The second-order valence-corrected chi connectivity index (χ2v) is 4.72. The number of carbonyl (C=O) groups is 2. The Hall–Kier alpha value is -2.46. The molecule has 20 heavy (non-hydrogen) atoms. The van der Waals surface area contributed by atoms with E-state index in [9.17, 15) is 9.59 Å². The quantitative estimate of drug-likeness (QED) is 0.394. The van der Waals surface area contributed by atoms with E-state index in [0.29, 0.717) is 16.1 Å². The van der Waals surface area contributed by atoms with Gasteiger partial charge in [-0.05, 0) is 38.1 Å². The van der Waals surface area contributed by atoms with Crippen molar-refractivity contribution in [1.82, 2.24) is 5.01 Å². The highest BCUT2D eigenvalue weighted by atomic mass is 16.2. The minimum Gasteiger partial charge on any atom is -0.267 e. The van der Waals surface area contributed by atoms with Crippen LogP contribution in [0.1, 0.15) is 31.8 Å². The van der Waals surface area contributed by atoms with Crippen LogP contribution in [0, 0.1) is 13.8 Å². The van der Waals surface area contributed by atoms with Crippen LogP contribution in [0.3, 0.4) is 0 Å². The zero-order valence-corrected chi connectivity index (χ0v) is 11.5. The molecule has 0 aliphatic heterocycles. The maximum Gasteiger partial charge on any atom is 0.275 e. The standard InChI is InChI=1S/C16H16N2O2/c1-11-5-3-7-13(9-11)15(19)18(17)16(20)14-8-4-6-12(2)10-14/h3-10H,17H2,1-2H3. The monoisotopic (exact) mass is 268 g/mol. The lowest BCUT2D eigenvalue weighted by atomic mass is 10.1. The highest BCUT2D eigenvalue weighted by Gasteiger charge is 2.21. The summed E-state index contributed by atoms with van der Waals surface area (Å²) in [6.07, 6.45) is 0. The Balaban J connectivity index is 2.25. The van der Waals surface area contributed by atoms with Crippen molar-refractivity contribution in [2.75, 3.05) is 0 Å². The number of amides is 2. The van der Waals surface area contributed by atoms with Crippen molar-refractivity contribution < 1.29 is 9.59 Å². The van der Waals surface area contributed by atoms with Crippen molar-refractivity contribution in [3.8, 4) is 0 Å². The molecule has 4 nitrogen and oxygen atoms in total. The van der Waals surface area contributed by atoms with Gasteiger partial charge in [0, 0.05) is 11.1 Å². The van der Waals surface area contributed by atoms with E-state index >= 15 is 0 Å². The van der Waals surface area contributed by atoms with Crippen molar-refractivity contribution in [2.24, 2.45) is 5.84 Å². The Morgan fingerprint density at radius 2 is 1.25 bits per heavy atom. The smallest absolute Gasteiger partial charge is 0.267 e. The lowest BCUT2D eigenvalue weighted by Crippen LogP contribution is -2.42. The van der Waals surface area contributed by atoms with Crippen LogP contribution in [0.2, 0.25) is 0 Å². The number of nitrogens with zero attached hydrogens (tertiary/aromatic N) is 1. The van der Waals surface area contributed by atoms with E-state index in [1.54, 1.807) is 36.4 Å². The van der Waals surface area contributed by atoms with E-state index in [4.69, 9.17) is 5.84 Å². The van der Waals surface area contributed by atoms with Gasteiger partial charge in [-0.25, -0.2) is 10.9 Å². The molecular formula is C16H16N2O2. The number of aryl methyl sites for hydroxylation is 2. The summed E-state index contributed by atoms with van der Waals surface area (Å²) in [5.74, 6) is 4.63. The Labute approximate surface area is 117 Å². The number of hydrogen-bond donors (Lipinski definition) is 1. The summed E-state index contributed by atoms with van der Waals surface area (Å²) in [6, 6.07) is 13.9. The first-order valence-corrected chi connectivity index (χ1v) is 6.26. The lowest BCUT2D eigenvalue weighted by molar-refractivity contribution is 0.0615. The van der Waals surface area contributed by atoms with Crippen molar-refractivity contribution in [1.29, 1.82) is 0 Å². The second kappa shape index (κ2) is 5.67. The average molecular weight is 268 g/mol. The number of benzene rings is 2. The third kappa shape index (κ3) is 2.92. The molecule has 0 spiro atoms. The van der Waals surface area contributed by atoms with Gasteiger partial charge in [0.1, 0.15) is 0 Å². The van der Waals surface area contributed by atoms with Crippen LogP contribution < -0.4 is 5.84 Å². The molecule has 2 aromatic rings. The third-order valence-corrected chi connectivity index (χ3v) is 2.97. The van der Waals surface area contributed by atoms with Crippen LogP contribution >= 0.6 is 0 Å². The van der Waals surface area contributed by atoms with Crippen LogP contribution in [0.5, 0.6) is 0 Å². The molecule has 0 heterocycles. The van der Waals surface area contributed by atoms with E-state index in [1.165, 1.54) is 0 Å². The fourth-order valence-electron chi connectivity index (χ4n) is 1.93. The van der Waals surface area contributed by atoms with Gasteiger partial charge in [-0.1, -0.05) is 35.4 Å². The highest BCUT2D eigenvalue weighted by molar-refractivity contribution is 6.09. The predicted molar refractivity (Wildman–Crippen MR) is 77.0 cm³/mol. The highest BCUT2D eigenvalue weighted by Crippen LogP contribution is 2.10. The molecular weight excluding hydrogens is 252 g/mol. The number of hydrazine groups is 1. The molecule has 0 saturated carbocycles. The fraction of sp³-hybridized carbons (Fsp3) is 0.125. The van der Waals surface area contributed by atoms with Gasteiger partial charge in [-0.3, -0.25) is 9.59 Å². The van der Waals surface area contributed by atoms with Crippen LogP contribution in [-0.4, -0.2) is 16.8 Å². The van der Waals surface area contributed by atoms with Crippen molar-refractivity contribution >= 4 is 11.8 Å². The van der Waals surface area contributed by atoms with Crippen molar-refractivity contribution in [2.45, 2.75) is 13.8 Å². The first-order valence-electron chi connectivity index (χ1n) is 6.26. The molecule has 0 fully saturated rings. The van der Waals surface area contributed by atoms with Crippen molar-refractivity contribution in [3.63, 3.8) is 0 Å². The Bertz CT molecular complexity index is 608. The Kier molecular flexibility index (Phi) is 3.96. The minimum absolute atomic E-state index is 0.397. The number of imide groups is 1. The minimum atomic E-state index is -0.514. The van der Waals surface area contributed by atoms with Crippen molar-refractivity contribution in [3.05, 3.63) is 70.8 Å². The molecule has 2 aromatic carbocycles. The zero-order chi connectivity index (χ0) is 14.7. The van der Waals surface area contributed by atoms with E-state index < -0.39 is 11.8 Å². The fourth-order valence-corrected chi connectivity index (χ4v) is 1.93.